The van der Waals surface area contributed by atoms with E-state index < -0.39 is 41.8 Å². The second kappa shape index (κ2) is 12.6. The van der Waals surface area contributed by atoms with Crippen molar-refractivity contribution in [2.24, 2.45) is 5.92 Å². The second-order valence-electron chi connectivity index (χ2n) is 8.32. The van der Waals surface area contributed by atoms with Crippen LogP contribution in [0.4, 0.5) is 13.2 Å². The molecule has 2 aromatic carbocycles. The van der Waals surface area contributed by atoms with Gasteiger partial charge in [-0.3, -0.25) is 14.4 Å². The van der Waals surface area contributed by atoms with Crippen LogP contribution in [0.2, 0.25) is 15.1 Å². The number of aryl methyl sites for hydroxylation is 1. The Balaban J connectivity index is 2.19. The lowest BCUT2D eigenvalue weighted by Gasteiger charge is -2.26. The summed E-state index contributed by atoms with van der Waals surface area (Å²) in [7, 11) is 0. The van der Waals surface area contributed by atoms with Crippen LogP contribution in [-0.2, 0) is 27.2 Å². The quantitative estimate of drug-likeness (QED) is 0.405. The van der Waals surface area contributed by atoms with Gasteiger partial charge in [0.05, 0.1) is 6.04 Å². The maximum atomic E-state index is 13.0. The molecule has 2 rings (SSSR count). The fraction of sp³-hybridized carbons (Fsp3) is 0.375. The number of ketones is 1. The van der Waals surface area contributed by atoms with Crippen LogP contribution < -0.4 is 10.6 Å². The van der Waals surface area contributed by atoms with Gasteiger partial charge < -0.3 is 10.6 Å². The Hall–Kier alpha value is -2.29. The molecule has 0 spiro atoms. The molecule has 190 valence electrons. The molecule has 0 radical (unpaired) electrons. The highest BCUT2D eigenvalue weighted by molar-refractivity contribution is 6.34. The number of benzene rings is 2. The number of halogens is 6. The monoisotopic (exact) mass is 550 g/mol. The summed E-state index contributed by atoms with van der Waals surface area (Å²) in [4.78, 5) is 37.4. The number of carbonyl (C=O) groups is 3. The number of rotatable bonds is 10. The topological polar surface area (TPSA) is 75.3 Å². The minimum Gasteiger partial charge on any atom is -0.344 e. The van der Waals surface area contributed by atoms with Gasteiger partial charge in [-0.2, -0.15) is 13.2 Å². The number of amides is 2. The van der Waals surface area contributed by atoms with Crippen molar-refractivity contribution < 1.29 is 27.6 Å². The summed E-state index contributed by atoms with van der Waals surface area (Å²) >= 11 is 17.9. The van der Waals surface area contributed by atoms with E-state index >= 15 is 0 Å². The van der Waals surface area contributed by atoms with Gasteiger partial charge in [-0.15, -0.1) is 0 Å². The Morgan fingerprint density at radius 1 is 0.886 bits per heavy atom. The van der Waals surface area contributed by atoms with Gasteiger partial charge in [0.25, 0.3) is 5.78 Å². The number of alkyl halides is 3. The van der Waals surface area contributed by atoms with E-state index in [4.69, 9.17) is 34.8 Å². The van der Waals surface area contributed by atoms with Gasteiger partial charge in [-0.1, -0.05) is 60.8 Å². The summed E-state index contributed by atoms with van der Waals surface area (Å²) in [5.74, 6) is -4.33. The van der Waals surface area contributed by atoms with E-state index in [1.54, 1.807) is 42.5 Å². The van der Waals surface area contributed by atoms with Crippen molar-refractivity contribution in [1.29, 1.82) is 0 Å². The van der Waals surface area contributed by atoms with Crippen LogP contribution in [0.3, 0.4) is 0 Å². The van der Waals surface area contributed by atoms with Gasteiger partial charge in [0.15, 0.2) is 0 Å². The van der Waals surface area contributed by atoms with Gasteiger partial charge in [-0.05, 0) is 53.8 Å². The lowest BCUT2D eigenvalue weighted by atomic mass is 9.98. The average molecular weight is 552 g/mol. The first-order valence-corrected chi connectivity index (χ1v) is 11.8. The molecule has 0 saturated carbocycles. The summed E-state index contributed by atoms with van der Waals surface area (Å²) in [6.45, 7) is 2.77. The molecule has 5 nitrogen and oxygen atoms in total. The maximum Gasteiger partial charge on any atom is 0.452 e. The third kappa shape index (κ3) is 9.35. The predicted octanol–water partition coefficient (Wildman–Crippen LogP) is 5.58. The van der Waals surface area contributed by atoms with Crippen LogP contribution in [0, 0.1) is 5.92 Å². The molecule has 2 atom stereocenters. The predicted molar refractivity (Wildman–Crippen MR) is 130 cm³/mol. The molecule has 0 aliphatic rings. The van der Waals surface area contributed by atoms with Crippen molar-refractivity contribution in [3.05, 3.63) is 68.7 Å². The van der Waals surface area contributed by atoms with Crippen LogP contribution >= 0.6 is 34.8 Å². The molecule has 35 heavy (non-hydrogen) atoms. The van der Waals surface area contributed by atoms with Gasteiger partial charge in [0.1, 0.15) is 6.04 Å². The van der Waals surface area contributed by atoms with Gasteiger partial charge in [-0.25, -0.2) is 0 Å². The molecule has 0 aliphatic carbocycles. The number of hydrogen-bond donors (Lipinski definition) is 2. The molecule has 2 amide bonds. The molecule has 0 bridgehead atoms. The first kappa shape index (κ1) is 28.9. The third-order valence-corrected chi connectivity index (χ3v) is 5.74. The Labute approximate surface area is 216 Å². The average Bonchev–Trinajstić information content (AvgIpc) is 2.73. The molecule has 0 fully saturated rings. The smallest absolute Gasteiger partial charge is 0.344 e. The number of hydrogen-bond acceptors (Lipinski definition) is 3. The van der Waals surface area contributed by atoms with E-state index in [0.717, 1.165) is 0 Å². The zero-order chi connectivity index (χ0) is 26.3. The van der Waals surface area contributed by atoms with E-state index in [9.17, 15) is 27.6 Å². The summed E-state index contributed by atoms with van der Waals surface area (Å²) in [6.07, 6.45) is -4.94. The third-order valence-electron chi connectivity index (χ3n) is 5.07. The van der Waals surface area contributed by atoms with Crippen molar-refractivity contribution >= 4 is 52.4 Å². The van der Waals surface area contributed by atoms with Crippen molar-refractivity contribution in [1.82, 2.24) is 10.6 Å². The van der Waals surface area contributed by atoms with Crippen LogP contribution in [0.15, 0.2) is 42.5 Å². The van der Waals surface area contributed by atoms with Gasteiger partial charge in [0, 0.05) is 27.9 Å². The molecule has 2 N–H and O–H groups in total. The van der Waals surface area contributed by atoms with Crippen LogP contribution in [-0.4, -0.2) is 35.9 Å². The summed E-state index contributed by atoms with van der Waals surface area (Å²) < 4.78 is 39.1. The number of carbonyl (C=O) groups excluding carboxylic acids is 3. The Morgan fingerprint density at radius 3 is 2.03 bits per heavy atom. The molecule has 2 unspecified atom stereocenters. The van der Waals surface area contributed by atoms with E-state index in [0.29, 0.717) is 26.2 Å². The van der Waals surface area contributed by atoms with E-state index in [1.807, 2.05) is 0 Å². The second-order valence-corrected chi connectivity index (χ2v) is 9.63. The first-order chi connectivity index (χ1) is 16.3. The lowest BCUT2D eigenvalue weighted by molar-refractivity contribution is -0.175. The zero-order valence-electron chi connectivity index (χ0n) is 18.9. The molecule has 0 saturated heterocycles. The number of Topliss-reactive ketones (excluding diaryl/α,β-unsaturated/α-hetero) is 1. The zero-order valence-corrected chi connectivity index (χ0v) is 21.2. The van der Waals surface area contributed by atoms with E-state index in [2.05, 4.69) is 10.6 Å². The molecule has 0 aliphatic heterocycles. The van der Waals surface area contributed by atoms with Crippen molar-refractivity contribution in [3.8, 4) is 0 Å². The van der Waals surface area contributed by atoms with Crippen molar-refractivity contribution in [2.45, 2.75) is 51.4 Å². The van der Waals surface area contributed by atoms with Crippen LogP contribution in [0.5, 0.6) is 0 Å². The Kier molecular flexibility index (Phi) is 10.4. The number of nitrogens with one attached hydrogen (secondary N) is 2. The standard InChI is InChI=1S/C24H24Cl3F3N2O3/c1-13(2)21(22(34)24(28,29)30)32-23(35)19(11-14-4-3-5-16(25)8-14)31-20(33)7-6-15-9-17(26)12-18(27)10-15/h3-5,8-10,12-13,19,21H,6-7,11H2,1-2H3,(H,31,33)(H,32,35). The largest absolute Gasteiger partial charge is 0.452 e. The van der Waals surface area contributed by atoms with Gasteiger partial charge >= 0.3 is 6.18 Å². The summed E-state index contributed by atoms with van der Waals surface area (Å²) in [5, 5.41) is 5.91. The normalized spacial score (nSPS) is 13.3. The molecule has 0 heterocycles. The molecule has 2 aromatic rings. The fourth-order valence-electron chi connectivity index (χ4n) is 3.35. The minimum atomic E-state index is -5.12. The van der Waals surface area contributed by atoms with E-state index in [1.165, 1.54) is 13.8 Å². The summed E-state index contributed by atoms with van der Waals surface area (Å²) in [6, 6.07) is 8.29. The Morgan fingerprint density at radius 2 is 1.49 bits per heavy atom. The van der Waals surface area contributed by atoms with Crippen LogP contribution in [0.1, 0.15) is 31.4 Å². The highest BCUT2D eigenvalue weighted by Gasteiger charge is 2.45. The minimum absolute atomic E-state index is 0.0366. The summed E-state index contributed by atoms with van der Waals surface area (Å²) in [5.41, 5.74) is 1.27. The van der Waals surface area contributed by atoms with Gasteiger partial charge in [0.2, 0.25) is 11.8 Å². The van der Waals surface area contributed by atoms with Crippen LogP contribution in [0.25, 0.3) is 0 Å². The first-order valence-electron chi connectivity index (χ1n) is 10.7. The van der Waals surface area contributed by atoms with E-state index in [-0.39, 0.29) is 19.3 Å². The van der Waals surface area contributed by atoms with Crippen molar-refractivity contribution in [3.63, 3.8) is 0 Å². The van der Waals surface area contributed by atoms with Crippen molar-refractivity contribution in [2.75, 3.05) is 0 Å². The molecular formula is C24H24Cl3F3N2O3. The lowest BCUT2D eigenvalue weighted by Crippen LogP contribution is -2.56. The Bertz CT molecular complexity index is 1060. The fourth-order valence-corrected chi connectivity index (χ4v) is 4.14. The molecule has 11 heteroatoms. The maximum absolute atomic E-state index is 13.0. The highest BCUT2D eigenvalue weighted by atomic mass is 35.5. The molecular weight excluding hydrogens is 528 g/mol. The highest BCUT2D eigenvalue weighted by Crippen LogP contribution is 2.22. The SMILES string of the molecule is CC(C)C(NC(=O)C(Cc1cccc(Cl)c1)NC(=O)CCc1cc(Cl)cc(Cl)c1)C(=O)C(F)(F)F. The molecule has 0 aromatic heterocycles.